The van der Waals surface area contributed by atoms with E-state index in [1.54, 1.807) is 29.2 Å². The predicted molar refractivity (Wildman–Crippen MR) is 84.5 cm³/mol. The Labute approximate surface area is 124 Å². The zero-order valence-corrected chi connectivity index (χ0v) is 12.3. The quantitative estimate of drug-likeness (QED) is 0.676. The molecule has 0 fully saturated rings. The molecule has 1 amide bonds. The fourth-order valence-corrected chi connectivity index (χ4v) is 1.87. The molecule has 0 bridgehead atoms. The minimum atomic E-state index is -0.154. The van der Waals surface area contributed by atoms with Crippen molar-refractivity contribution in [1.82, 2.24) is 14.9 Å². The van der Waals surface area contributed by atoms with Gasteiger partial charge in [0.25, 0.3) is 5.91 Å². The van der Waals surface area contributed by atoms with E-state index in [4.69, 9.17) is 0 Å². The molecule has 21 heavy (non-hydrogen) atoms. The van der Waals surface area contributed by atoms with Crippen molar-refractivity contribution >= 4 is 12.1 Å². The molecular formula is C17H19N3O. The summed E-state index contributed by atoms with van der Waals surface area (Å²) in [6, 6.07) is 8.07. The molecule has 4 heteroatoms. The van der Waals surface area contributed by atoms with Crippen LogP contribution >= 0.6 is 0 Å². The van der Waals surface area contributed by atoms with Gasteiger partial charge >= 0.3 is 0 Å². The minimum Gasteiger partial charge on any atom is -0.348 e. The van der Waals surface area contributed by atoms with Gasteiger partial charge in [-0.2, -0.15) is 0 Å². The molecule has 0 aliphatic carbocycles. The van der Waals surface area contributed by atoms with E-state index in [-0.39, 0.29) is 5.91 Å². The van der Waals surface area contributed by atoms with Crippen LogP contribution in [0, 0.1) is 13.8 Å². The average Bonchev–Trinajstić information content (AvgIpc) is 2.89. The van der Waals surface area contributed by atoms with Crippen molar-refractivity contribution in [2.24, 2.45) is 0 Å². The third-order valence-electron chi connectivity index (χ3n) is 3.20. The van der Waals surface area contributed by atoms with E-state index < -0.39 is 0 Å². The van der Waals surface area contributed by atoms with Crippen LogP contribution in [0.15, 0.2) is 54.9 Å². The number of amides is 1. The summed E-state index contributed by atoms with van der Waals surface area (Å²) < 4.78 is 1.79. The predicted octanol–water partition coefficient (Wildman–Crippen LogP) is 2.84. The second-order valence-electron chi connectivity index (χ2n) is 4.84. The lowest BCUT2D eigenvalue weighted by atomic mass is 10.1. The number of carbonyl (C=O) groups excluding carboxylic acids is 1. The molecule has 1 aromatic heterocycles. The highest BCUT2D eigenvalue weighted by molar-refractivity contribution is 5.98. The van der Waals surface area contributed by atoms with Crippen LogP contribution in [-0.2, 0) is 11.3 Å². The maximum Gasteiger partial charge on any atom is 0.253 e. The number of nitrogens with one attached hydrogen (secondary N) is 1. The van der Waals surface area contributed by atoms with Crippen molar-refractivity contribution in [1.29, 1.82) is 0 Å². The summed E-state index contributed by atoms with van der Waals surface area (Å²) >= 11 is 0. The van der Waals surface area contributed by atoms with E-state index in [0.29, 0.717) is 12.1 Å². The molecular weight excluding hydrogens is 262 g/mol. The van der Waals surface area contributed by atoms with Crippen LogP contribution in [0.1, 0.15) is 17.0 Å². The van der Waals surface area contributed by atoms with Crippen molar-refractivity contribution in [3.8, 4) is 0 Å². The molecule has 0 atom stereocenters. The summed E-state index contributed by atoms with van der Waals surface area (Å²) in [5, 5.41) is 2.89. The van der Waals surface area contributed by atoms with Crippen molar-refractivity contribution in [2.75, 3.05) is 0 Å². The molecule has 0 aliphatic rings. The number of rotatable bonds is 5. The van der Waals surface area contributed by atoms with Gasteiger partial charge in [0.2, 0.25) is 0 Å². The molecule has 108 valence electrons. The van der Waals surface area contributed by atoms with Gasteiger partial charge in [-0.3, -0.25) is 4.79 Å². The normalized spacial score (nSPS) is 11.2. The Morgan fingerprint density at radius 1 is 1.33 bits per heavy atom. The fourth-order valence-electron chi connectivity index (χ4n) is 1.87. The second-order valence-corrected chi connectivity index (χ2v) is 4.84. The van der Waals surface area contributed by atoms with Crippen molar-refractivity contribution < 1.29 is 4.79 Å². The topological polar surface area (TPSA) is 46.9 Å². The highest BCUT2D eigenvalue weighted by Gasteiger charge is 2.06. The number of hydrogen-bond donors (Lipinski definition) is 1. The van der Waals surface area contributed by atoms with Gasteiger partial charge in [-0.15, -0.1) is 0 Å². The molecule has 1 N–H and O–H groups in total. The summed E-state index contributed by atoms with van der Waals surface area (Å²) in [5.41, 5.74) is 2.77. The van der Waals surface area contributed by atoms with Crippen molar-refractivity contribution in [2.45, 2.75) is 20.4 Å². The van der Waals surface area contributed by atoms with E-state index >= 15 is 0 Å². The Hall–Kier alpha value is -2.62. The first-order chi connectivity index (χ1) is 10.1. The van der Waals surface area contributed by atoms with Crippen LogP contribution in [0.4, 0.5) is 0 Å². The standard InChI is InChI=1S/C17H19N3O/c1-4-16(12-20-10-9-18-14(20)3)17(21)19-11-15-7-5-13(2)6-8-15/h4-10,12H,1,11H2,2-3H3,(H,19,21)/b16-12+. The number of aromatic nitrogens is 2. The lowest BCUT2D eigenvalue weighted by molar-refractivity contribution is -0.117. The van der Waals surface area contributed by atoms with Gasteiger partial charge in [-0.25, -0.2) is 4.98 Å². The van der Waals surface area contributed by atoms with Gasteiger partial charge in [0, 0.05) is 25.1 Å². The van der Waals surface area contributed by atoms with Gasteiger partial charge < -0.3 is 9.88 Å². The summed E-state index contributed by atoms with van der Waals surface area (Å²) in [7, 11) is 0. The second kappa shape index (κ2) is 6.70. The zero-order chi connectivity index (χ0) is 15.2. The Morgan fingerprint density at radius 3 is 2.62 bits per heavy atom. The van der Waals surface area contributed by atoms with Crippen LogP contribution in [-0.4, -0.2) is 15.5 Å². The van der Waals surface area contributed by atoms with Crippen LogP contribution in [0.5, 0.6) is 0 Å². The van der Waals surface area contributed by atoms with Gasteiger partial charge in [0.15, 0.2) is 0 Å². The molecule has 0 saturated heterocycles. The van der Waals surface area contributed by atoms with Crippen LogP contribution in [0.2, 0.25) is 0 Å². The summed E-state index contributed by atoms with van der Waals surface area (Å²) in [6.07, 6.45) is 6.76. The van der Waals surface area contributed by atoms with E-state index in [1.807, 2.05) is 38.1 Å². The first-order valence-electron chi connectivity index (χ1n) is 6.77. The molecule has 0 aliphatic heterocycles. The first-order valence-corrected chi connectivity index (χ1v) is 6.77. The number of benzene rings is 1. The molecule has 0 saturated carbocycles. The van der Waals surface area contributed by atoms with Gasteiger partial charge in [0.05, 0.1) is 5.57 Å². The lowest BCUT2D eigenvalue weighted by Crippen LogP contribution is -2.24. The molecule has 1 aromatic carbocycles. The molecule has 0 spiro atoms. The average molecular weight is 281 g/mol. The fraction of sp³-hybridized carbons (Fsp3) is 0.176. The Bertz CT molecular complexity index is 666. The number of hydrogen-bond acceptors (Lipinski definition) is 2. The lowest BCUT2D eigenvalue weighted by Gasteiger charge is -2.07. The number of nitrogens with zero attached hydrogens (tertiary/aromatic N) is 2. The molecule has 0 radical (unpaired) electrons. The number of aryl methyl sites for hydroxylation is 2. The molecule has 4 nitrogen and oxygen atoms in total. The van der Waals surface area contributed by atoms with Crippen LogP contribution in [0.3, 0.4) is 0 Å². The van der Waals surface area contributed by atoms with Crippen LogP contribution in [0.25, 0.3) is 6.20 Å². The summed E-state index contributed by atoms with van der Waals surface area (Å²) in [4.78, 5) is 16.3. The van der Waals surface area contributed by atoms with E-state index in [2.05, 4.69) is 16.9 Å². The monoisotopic (exact) mass is 281 g/mol. The van der Waals surface area contributed by atoms with Crippen LogP contribution < -0.4 is 5.32 Å². The Kier molecular flexibility index (Phi) is 4.72. The smallest absolute Gasteiger partial charge is 0.253 e. The van der Waals surface area contributed by atoms with Crippen molar-refractivity contribution in [3.05, 3.63) is 71.8 Å². The summed E-state index contributed by atoms with van der Waals surface area (Å²) in [5.74, 6) is 0.666. The molecule has 2 rings (SSSR count). The SMILES string of the molecule is C=C/C(=C\n1ccnc1C)C(=O)NCc1ccc(C)cc1. The number of imidazole rings is 1. The zero-order valence-electron chi connectivity index (χ0n) is 12.3. The Balaban J connectivity index is 2.04. The van der Waals surface area contributed by atoms with Gasteiger partial charge in [-0.1, -0.05) is 42.5 Å². The van der Waals surface area contributed by atoms with E-state index in [1.165, 1.54) is 5.56 Å². The maximum atomic E-state index is 12.2. The maximum absolute atomic E-state index is 12.2. The van der Waals surface area contributed by atoms with Gasteiger partial charge in [-0.05, 0) is 19.4 Å². The van der Waals surface area contributed by atoms with Gasteiger partial charge in [0.1, 0.15) is 5.82 Å². The first kappa shape index (κ1) is 14.8. The molecule has 1 heterocycles. The third kappa shape index (κ3) is 3.92. The molecule has 0 unspecified atom stereocenters. The minimum absolute atomic E-state index is 0.154. The van der Waals surface area contributed by atoms with E-state index in [0.717, 1.165) is 11.4 Å². The van der Waals surface area contributed by atoms with Crippen molar-refractivity contribution in [3.63, 3.8) is 0 Å². The Morgan fingerprint density at radius 2 is 2.05 bits per heavy atom. The largest absolute Gasteiger partial charge is 0.348 e. The highest BCUT2D eigenvalue weighted by atomic mass is 16.1. The summed E-state index contributed by atoms with van der Waals surface area (Å²) in [6.45, 7) is 8.10. The highest BCUT2D eigenvalue weighted by Crippen LogP contribution is 2.06. The molecule has 2 aromatic rings. The third-order valence-corrected chi connectivity index (χ3v) is 3.20. The number of carbonyl (C=O) groups is 1. The van der Waals surface area contributed by atoms with E-state index in [9.17, 15) is 4.79 Å².